The first-order valence-corrected chi connectivity index (χ1v) is 10.2. The van der Waals surface area contributed by atoms with Crippen molar-refractivity contribution in [3.63, 3.8) is 0 Å². The summed E-state index contributed by atoms with van der Waals surface area (Å²) in [5.74, 6) is 1.58. The third kappa shape index (κ3) is 4.54. The number of nitrogens with zero attached hydrogens (tertiary/aromatic N) is 3. The highest BCUT2D eigenvalue weighted by Crippen LogP contribution is 2.30. The van der Waals surface area contributed by atoms with Crippen molar-refractivity contribution < 1.29 is 13.9 Å². The first-order valence-electron chi connectivity index (χ1n) is 9.17. The summed E-state index contributed by atoms with van der Waals surface area (Å²) in [4.78, 5) is 14.7. The molecule has 4 rings (SSSR count). The van der Waals surface area contributed by atoms with Crippen LogP contribution in [-0.2, 0) is 11.3 Å². The van der Waals surface area contributed by atoms with E-state index in [1.54, 1.807) is 7.11 Å². The summed E-state index contributed by atoms with van der Waals surface area (Å²) in [6, 6.07) is 17.8. The van der Waals surface area contributed by atoms with E-state index in [0.717, 1.165) is 29.7 Å². The maximum Gasteiger partial charge on any atom is 0.277 e. The number of aromatic nitrogens is 2. The van der Waals surface area contributed by atoms with Gasteiger partial charge in [-0.15, -0.1) is 10.2 Å². The fourth-order valence-electron chi connectivity index (χ4n) is 2.91. The van der Waals surface area contributed by atoms with Crippen LogP contribution in [0.15, 0.2) is 64.2 Å². The van der Waals surface area contributed by atoms with Gasteiger partial charge in [0.15, 0.2) is 0 Å². The molecule has 1 heterocycles. The molecule has 3 aromatic rings. The van der Waals surface area contributed by atoms with Gasteiger partial charge in [0.05, 0.1) is 12.9 Å². The summed E-state index contributed by atoms with van der Waals surface area (Å²) in [7, 11) is 1.62. The van der Waals surface area contributed by atoms with Crippen molar-refractivity contribution in [2.45, 2.75) is 30.7 Å². The average molecular weight is 395 g/mol. The lowest BCUT2D eigenvalue weighted by molar-refractivity contribution is -0.129. The zero-order valence-electron chi connectivity index (χ0n) is 15.6. The molecule has 1 aliphatic carbocycles. The van der Waals surface area contributed by atoms with Crippen LogP contribution in [0.25, 0.3) is 11.5 Å². The van der Waals surface area contributed by atoms with Crippen molar-refractivity contribution in [3.8, 4) is 17.2 Å². The third-order valence-electron chi connectivity index (χ3n) is 4.57. The molecular weight excluding hydrogens is 374 g/mol. The van der Waals surface area contributed by atoms with Crippen molar-refractivity contribution in [3.05, 3.63) is 60.2 Å². The molecule has 1 amide bonds. The van der Waals surface area contributed by atoms with Gasteiger partial charge in [-0.25, -0.2) is 0 Å². The normalized spacial score (nSPS) is 13.3. The Kier molecular flexibility index (Phi) is 5.62. The Hall–Kier alpha value is -2.80. The molecule has 1 fully saturated rings. The number of methoxy groups -OCH3 is 1. The van der Waals surface area contributed by atoms with E-state index >= 15 is 0 Å². The second kappa shape index (κ2) is 8.48. The van der Waals surface area contributed by atoms with Gasteiger partial charge in [-0.1, -0.05) is 42.1 Å². The molecule has 7 heteroatoms. The zero-order valence-corrected chi connectivity index (χ0v) is 16.4. The lowest BCUT2D eigenvalue weighted by Gasteiger charge is -2.22. The molecule has 0 bridgehead atoms. The van der Waals surface area contributed by atoms with Crippen molar-refractivity contribution in [1.82, 2.24) is 15.1 Å². The van der Waals surface area contributed by atoms with Crippen LogP contribution in [0.4, 0.5) is 0 Å². The Morgan fingerprint density at radius 1 is 1.14 bits per heavy atom. The first kappa shape index (κ1) is 18.6. The van der Waals surface area contributed by atoms with Gasteiger partial charge in [0.2, 0.25) is 11.8 Å². The van der Waals surface area contributed by atoms with E-state index in [2.05, 4.69) is 22.3 Å². The molecule has 0 unspecified atom stereocenters. The predicted octanol–water partition coefficient (Wildman–Crippen LogP) is 4.03. The fourth-order valence-corrected chi connectivity index (χ4v) is 3.56. The van der Waals surface area contributed by atoms with Gasteiger partial charge in [0.25, 0.3) is 5.22 Å². The summed E-state index contributed by atoms with van der Waals surface area (Å²) in [6.07, 6.45) is 2.15. The highest BCUT2D eigenvalue weighted by atomic mass is 32.2. The maximum absolute atomic E-state index is 12.8. The van der Waals surface area contributed by atoms with Gasteiger partial charge in [-0.2, -0.15) is 0 Å². The summed E-state index contributed by atoms with van der Waals surface area (Å²) in [6.45, 7) is 0.645. The fraction of sp³-hybridized carbons (Fsp3) is 0.286. The Balaban J connectivity index is 1.36. The molecule has 0 saturated heterocycles. The van der Waals surface area contributed by atoms with Crippen LogP contribution in [0, 0.1) is 0 Å². The number of hydrogen-bond acceptors (Lipinski definition) is 6. The average Bonchev–Trinajstić information content (AvgIpc) is 3.48. The molecule has 1 aromatic heterocycles. The molecule has 0 radical (unpaired) electrons. The summed E-state index contributed by atoms with van der Waals surface area (Å²) < 4.78 is 10.8. The molecule has 28 heavy (non-hydrogen) atoms. The number of thioether (sulfide) groups is 1. The van der Waals surface area contributed by atoms with Crippen molar-refractivity contribution in [2.75, 3.05) is 12.9 Å². The van der Waals surface area contributed by atoms with E-state index in [0.29, 0.717) is 23.7 Å². The second-order valence-electron chi connectivity index (χ2n) is 6.63. The Labute approximate surface area is 167 Å². The Morgan fingerprint density at radius 2 is 1.89 bits per heavy atom. The van der Waals surface area contributed by atoms with E-state index in [1.807, 2.05) is 47.4 Å². The molecule has 0 spiro atoms. The van der Waals surface area contributed by atoms with E-state index < -0.39 is 0 Å². The number of carbonyl (C=O) groups is 1. The molecule has 1 aliphatic rings. The van der Waals surface area contributed by atoms with Crippen LogP contribution in [-0.4, -0.2) is 39.9 Å². The number of hydrogen-bond donors (Lipinski definition) is 0. The zero-order chi connectivity index (χ0) is 19.3. The lowest BCUT2D eigenvalue weighted by atomic mass is 10.2. The number of rotatable bonds is 8. The number of carbonyl (C=O) groups excluding carboxylic acids is 1. The third-order valence-corrected chi connectivity index (χ3v) is 5.37. The maximum atomic E-state index is 12.8. The SMILES string of the molecule is COc1ccc(-c2nnc(SCC(=O)N(Cc3ccccc3)C3CC3)o2)cc1. The second-order valence-corrected chi connectivity index (χ2v) is 7.56. The van der Waals surface area contributed by atoms with Crippen LogP contribution in [0.1, 0.15) is 18.4 Å². The molecule has 2 aromatic carbocycles. The molecular formula is C21H21N3O3S. The highest BCUT2D eigenvalue weighted by molar-refractivity contribution is 7.99. The monoisotopic (exact) mass is 395 g/mol. The summed E-state index contributed by atoms with van der Waals surface area (Å²) in [5, 5.41) is 8.53. The quantitative estimate of drug-likeness (QED) is 0.537. The van der Waals surface area contributed by atoms with Crippen molar-refractivity contribution in [1.29, 1.82) is 0 Å². The van der Waals surface area contributed by atoms with Crippen LogP contribution in [0.3, 0.4) is 0 Å². The number of benzene rings is 2. The lowest BCUT2D eigenvalue weighted by Crippen LogP contribution is -2.33. The number of ether oxygens (including phenoxy) is 1. The van der Waals surface area contributed by atoms with E-state index in [4.69, 9.17) is 9.15 Å². The minimum absolute atomic E-state index is 0.0977. The minimum atomic E-state index is 0.0977. The predicted molar refractivity (Wildman–Crippen MR) is 107 cm³/mol. The van der Waals surface area contributed by atoms with Crippen LogP contribution >= 0.6 is 11.8 Å². The molecule has 0 N–H and O–H groups in total. The standard InChI is InChI=1S/C21H21N3O3S/c1-26-18-11-7-16(8-12-18)20-22-23-21(27-20)28-14-19(25)24(17-9-10-17)13-15-5-3-2-4-6-15/h2-8,11-12,17H,9-10,13-14H2,1H3. The smallest absolute Gasteiger partial charge is 0.277 e. The van der Waals surface area contributed by atoms with Crippen molar-refractivity contribution >= 4 is 17.7 Å². The van der Waals surface area contributed by atoms with Crippen LogP contribution < -0.4 is 4.74 Å². The molecule has 144 valence electrons. The van der Waals surface area contributed by atoms with Crippen molar-refractivity contribution in [2.24, 2.45) is 0 Å². The van der Waals surface area contributed by atoms with E-state index in [-0.39, 0.29) is 11.7 Å². The summed E-state index contributed by atoms with van der Waals surface area (Å²) >= 11 is 1.28. The van der Waals surface area contributed by atoms with Gasteiger partial charge >= 0.3 is 0 Å². The van der Waals surface area contributed by atoms with E-state index in [1.165, 1.54) is 11.8 Å². The molecule has 0 atom stereocenters. The Morgan fingerprint density at radius 3 is 2.57 bits per heavy atom. The van der Waals surface area contributed by atoms with Gasteiger partial charge in [0.1, 0.15) is 5.75 Å². The molecule has 6 nitrogen and oxygen atoms in total. The topological polar surface area (TPSA) is 68.5 Å². The van der Waals surface area contributed by atoms with Crippen LogP contribution in [0.5, 0.6) is 5.75 Å². The van der Waals surface area contributed by atoms with E-state index in [9.17, 15) is 4.79 Å². The van der Waals surface area contributed by atoms with Gasteiger partial charge in [-0.05, 0) is 42.7 Å². The van der Waals surface area contributed by atoms with Gasteiger partial charge < -0.3 is 14.1 Å². The molecule has 1 saturated carbocycles. The Bertz CT molecular complexity index is 924. The van der Waals surface area contributed by atoms with Gasteiger partial charge in [-0.3, -0.25) is 4.79 Å². The summed E-state index contributed by atoms with van der Waals surface area (Å²) in [5.41, 5.74) is 1.96. The van der Waals surface area contributed by atoms with Gasteiger partial charge in [0, 0.05) is 18.2 Å². The molecule has 0 aliphatic heterocycles. The highest BCUT2D eigenvalue weighted by Gasteiger charge is 2.32. The largest absolute Gasteiger partial charge is 0.497 e. The van der Waals surface area contributed by atoms with Crippen LogP contribution in [0.2, 0.25) is 0 Å². The first-order chi connectivity index (χ1) is 13.7. The minimum Gasteiger partial charge on any atom is -0.497 e. The number of amides is 1.